The lowest BCUT2D eigenvalue weighted by molar-refractivity contribution is 0.0730. The van der Waals surface area contributed by atoms with Crippen molar-refractivity contribution in [1.82, 2.24) is 4.90 Å². The molecule has 0 aliphatic carbocycles. The van der Waals surface area contributed by atoms with Crippen LogP contribution in [0.1, 0.15) is 27.0 Å². The lowest BCUT2D eigenvalue weighted by Gasteiger charge is -2.23. The number of hydrogen-bond donors (Lipinski definition) is 0. The van der Waals surface area contributed by atoms with Crippen molar-refractivity contribution in [3.8, 4) is 0 Å². The van der Waals surface area contributed by atoms with Crippen LogP contribution in [0.25, 0.3) is 0 Å². The van der Waals surface area contributed by atoms with Gasteiger partial charge in [0.25, 0.3) is 5.91 Å². The Kier molecular flexibility index (Phi) is 5.07. The molecule has 0 atom stereocenters. The number of carbonyl (C=O) groups excluding carboxylic acids is 1. The minimum Gasteiger partial charge on any atom is -0.330 e. The monoisotopic (exact) mass is 315 g/mol. The molecule has 2 heteroatoms. The Bertz CT molecular complexity index is 755. The SMILES string of the molecule is Cc1cccc(C(=O)N(Cc2ccccc2)Cc2ccccc2)c1. The summed E-state index contributed by atoms with van der Waals surface area (Å²) in [4.78, 5) is 14.9. The summed E-state index contributed by atoms with van der Waals surface area (Å²) in [5, 5.41) is 0. The van der Waals surface area contributed by atoms with E-state index in [2.05, 4.69) is 24.3 Å². The minimum atomic E-state index is 0.0615. The standard InChI is InChI=1S/C22H21NO/c1-18-9-8-14-21(15-18)22(24)23(16-19-10-4-2-5-11-19)17-20-12-6-3-7-13-20/h2-15H,16-17H2,1H3. The summed E-state index contributed by atoms with van der Waals surface area (Å²) in [6, 6.07) is 28.0. The van der Waals surface area contributed by atoms with Gasteiger partial charge in [0.1, 0.15) is 0 Å². The molecule has 3 aromatic rings. The zero-order chi connectivity index (χ0) is 16.8. The van der Waals surface area contributed by atoms with E-state index in [1.165, 1.54) is 0 Å². The fourth-order valence-corrected chi connectivity index (χ4v) is 2.77. The summed E-state index contributed by atoms with van der Waals surface area (Å²) in [6.07, 6.45) is 0. The Labute approximate surface area is 143 Å². The number of rotatable bonds is 5. The van der Waals surface area contributed by atoms with Gasteiger partial charge in [-0.1, -0.05) is 78.4 Å². The molecule has 24 heavy (non-hydrogen) atoms. The second kappa shape index (κ2) is 7.60. The molecule has 3 aromatic carbocycles. The second-order valence-corrected chi connectivity index (χ2v) is 6.00. The van der Waals surface area contributed by atoms with Gasteiger partial charge in [-0.3, -0.25) is 4.79 Å². The molecule has 0 spiro atoms. The van der Waals surface area contributed by atoms with Crippen LogP contribution in [-0.4, -0.2) is 10.8 Å². The van der Waals surface area contributed by atoms with E-state index >= 15 is 0 Å². The first kappa shape index (κ1) is 16.0. The largest absolute Gasteiger partial charge is 0.330 e. The van der Waals surface area contributed by atoms with Gasteiger partial charge in [0.15, 0.2) is 0 Å². The van der Waals surface area contributed by atoms with E-state index in [0.29, 0.717) is 13.1 Å². The van der Waals surface area contributed by atoms with Crippen LogP contribution < -0.4 is 0 Å². The van der Waals surface area contributed by atoms with E-state index in [0.717, 1.165) is 22.3 Å². The van der Waals surface area contributed by atoms with Crippen LogP contribution in [-0.2, 0) is 13.1 Å². The zero-order valence-electron chi connectivity index (χ0n) is 13.9. The molecule has 0 aliphatic rings. The summed E-state index contributed by atoms with van der Waals surface area (Å²) < 4.78 is 0. The van der Waals surface area contributed by atoms with Gasteiger partial charge in [-0.15, -0.1) is 0 Å². The fourth-order valence-electron chi connectivity index (χ4n) is 2.77. The predicted molar refractivity (Wildman–Crippen MR) is 97.6 cm³/mol. The Morgan fingerprint density at radius 3 is 1.79 bits per heavy atom. The number of carbonyl (C=O) groups is 1. The van der Waals surface area contributed by atoms with E-state index in [9.17, 15) is 4.79 Å². The van der Waals surface area contributed by atoms with Crippen molar-refractivity contribution in [2.45, 2.75) is 20.0 Å². The molecule has 3 rings (SSSR count). The third-order valence-electron chi connectivity index (χ3n) is 3.98. The van der Waals surface area contributed by atoms with Crippen LogP contribution in [0.2, 0.25) is 0 Å². The quantitative estimate of drug-likeness (QED) is 0.660. The Balaban J connectivity index is 1.87. The first-order valence-electron chi connectivity index (χ1n) is 8.16. The van der Waals surface area contributed by atoms with Crippen LogP contribution in [0, 0.1) is 6.92 Å². The third-order valence-corrected chi connectivity index (χ3v) is 3.98. The number of nitrogens with zero attached hydrogens (tertiary/aromatic N) is 1. The Morgan fingerprint density at radius 1 is 0.750 bits per heavy atom. The van der Waals surface area contributed by atoms with Crippen molar-refractivity contribution >= 4 is 5.91 Å². The molecule has 0 bridgehead atoms. The van der Waals surface area contributed by atoms with E-state index in [1.54, 1.807) is 0 Å². The number of hydrogen-bond acceptors (Lipinski definition) is 1. The highest BCUT2D eigenvalue weighted by Crippen LogP contribution is 2.15. The van der Waals surface area contributed by atoms with Crippen molar-refractivity contribution in [2.24, 2.45) is 0 Å². The van der Waals surface area contributed by atoms with Gasteiger partial charge in [0.05, 0.1) is 0 Å². The maximum atomic E-state index is 13.0. The Morgan fingerprint density at radius 2 is 1.29 bits per heavy atom. The molecule has 0 radical (unpaired) electrons. The van der Waals surface area contributed by atoms with Crippen molar-refractivity contribution in [2.75, 3.05) is 0 Å². The molecule has 0 saturated heterocycles. The molecule has 120 valence electrons. The number of aryl methyl sites for hydroxylation is 1. The minimum absolute atomic E-state index is 0.0615. The van der Waals surface area contributed by atoms with Gasteiger partial charge in [0.2, 0.25) is 0 Å². The number of benzene rings is 3. The average molecular weight is 315 g/mol. The van der Waals surface area contributed by atoms with Crippen molar-refractivity contribution in [3.63, 3.8) is 0 Å². The van der Waals surface area contributed by atoms with Gasteiger partial charge in [-0.2, -0.15) is 0 Å². The molecule has 0 unspecified atom stereocenters. The van der Waals surface area contributed by atoms with Crippen LogP contribution in [0.3, 0.4) is 0 Å². The lowest BCUT2D eigenvalue weighted by atomic mass is 10.1. The summed E-state index contributed by atoms with van der Waals surface area (Å²) in [7, 11) is 0. The van der Waals surface area contributed by atoms with E-state index in [-0.39, 0.29) is 5.91 Å². The van der Waals surface area contributed by atoms with Crippen LogP contribution in [0.4, 0.5) is 0 Å². The molecule has 0 heterocycles. The summed E-state index contributed by atoms with van der Waals surface area (Å²) in [5.41, 5.74) is 4.10. The van der Waals surface area contributed by atoms with Crippen LogP contribution in [0.15, 0.2) is 84.9 Å². The lowest BCUT2D eigenvalue weighted by Crippen LogP contribution is -2.30. The van der Waals surface area contributed by atoms with Gasteiger partial charge < -0.3 is 4.90 Å². The molecule has 1 amide bonds. The van der Waals surface area contributed by atoms with E-state index in [1.807, 2.05) is 72.5 Å². The second-order valence-electron chi connectivity index (χ2n) is 6.00. The van der Waals surface area contributed by atoms with Gasteiger partial charge >= 0.3 is 0 Å². The van der Waals surface area contributed by atoms with E-state index in [4.69, 9.17) is 0 Å². The molecule has 0 fully saturated rings. The summed E-state index contributed by atoms with van der Waals surface area (Å²) in [6.45, 7) is 3.21. The highest BCUT2D eigenvalue weighted by molar-refractivity contribution is 5.94. The summed E-state index contributed by atoms with van der Waals surface area (Å²) in [5.74, 6) is 0.0615. The van der Waals surface area contributed by atoms with Gasteiger partial charge in [0, 0.05) is 18.7 Å². The normalized spacial score (nSPS) is 10.4. The molecule has 0 aliphatic heterocycles. The first-order chi connectivity index (χ1) is 11.7. The number of amides is 1. The maximum Gasteiger partial charge on any atom is 0.254 e. The molecule has 0 N–H and O–H groups in total. The molecule has 0 aromatic heterocycles. The maximum absolute atomic E-state index is 13.0. The van der Waals surface area contributed by atoms with Crippen LogP contribution >= 0.6 is 0 Å². The molecular weight excluding hydrogens is 294 g/mol. The predicted octanol–water partition coefficient (Wildman–Crippen LogP) is 4.84. The fraction of sp³-hybridized carbons (Fsp3) is 0.136. The molecule has 2 nitrogen and oxygen atoms in total. The highest BCUT2D eigenvalue weighted by Gasteiger charge is 2.16. The van der Waals surface area contributed by atoms with Gasteiger partial charge in [-0.25, -0.2) is 0 Å². The first-order valence-corrected chi connectivity index (χ1v) is 8.16. The van der Waals surface area contributed by atoms with Crippen molar-refractivity contribution in [1.29, 1.82) is 0 Å². The molecular formula is C22H21NO. The average Bonchev–Trinajstić information content (AvgIpc) is 2.62. The van der Waals surface area contributed by atoms with E-state index < -0.39 is 0 Å². The highest BCUT2D eigenvalue weighted by atomic mass is 16.2. The van der Waals surface area contributed by atoms with Gasteiger partial charge in [-0.05, 0) is 30.2 Å². The third kappa shape index (κ3) is 4.11. The van der Waals surface area contributed by atoms with Crippen molar-refractivity contribution < 1.29 is 4.79 Å². The topological polar surface area (TPSA) is 20.3 Å². The van der Waals surface area contributed by atoms with Crippen LogP contribution in [0.5, 0.6) is 0 Å². The molecule has 0 saturated carbocycles. The van der Waals surface area contributed by atoms with Crippen molar-refractivity contribution in [3.05, 3.63) is 107 Å². The summed E-state index contributed by atoms with van der Waals surface area (Å²) >= 11 is 0. The Hall–Kier alpha value is -2.87. The smallest absolute Gasteiger partial charge is 0.254 e. The zero-order valence-corrected chi connectivity index (χ0v) is 13.9.